The minimum Gasteiger partial charge on any atom is -0.379 e. The Labute approximate surface area is 228 Å². The molecule has 4 heterocycles. The van der Waals surface area contributed by atoms with Gasteiger partial charge in [-0.3, -0.25) is 20.0 Å². The van der Waals surface area contributed by atoms with Crippen molar-refractivity contribution < 1.29 is 19.1 Å². The van der Waals surface area contributed by atoms with E-state index >= 15 is 0 Å². The number of urea groups is 1. The number of amides is 3. The second kappa shape index (κ2) is 10.8. The third-order valence-corrected chi connectivity index (χ3v) is 7.66. The van der Waals surface area contributed by atoms with Crippen LogP contribution in [0.25, 0.3) is 5.70 Å². The van der Waals surface area contributed by atoms with Crippen LogP contribution in [0.2, 0.25) is 0 Å². The fraction of sp³-hybridized carbons (Fsp3) is 0.259. The Bertz CT molecular complexity index is 1490. The van der Waals surface area contributed by atoms with Gasteiger partial charge in [-0.1, -0.05) is 18.2 Å². The summed E-state index contributed by atoms with van der Waals surface area (Å²) in [5.74, 6) is -0.320. The van der Waals surface area contributed by atoms with Gasteiger partial charge in [-0.25, -0.2) is 9.80 Å². The van der Waals surface area contributed by atoms with E-state index in [0.717, 1.165) is 10.4 Å². The number of aryl methyl sites for hydroxylation is 1. The van der Waals surface area contributed by atoms with E-state index in [9.17, 15) is 14.4 Å². The molecule has 1 aliphatic carbocycles. The van der Waals surface area contributed by atoms with Gasteiger partial charge in [0.25, 0.3) is 0 Å². The number of pyridine rings is 1. The third kappa shape index (κ3) is 5.21. The molecule has 3 aliphatic rings. The maximum atomic E-state index is 13.6. The van der Waals surface area contributed by atoms with Crippen LogP contribution < -0.4 is 16.1 Å². The van der Waals surface area contributed by atoms with Crippen LogP contribution in [0.4, 0.5) is 15.5 Å². The highest BCUT2D eigenvalue weighted by Crippen LogP contribution is 2.50. The van der Waals surface area contributed by atoms with Crippen molar-refractivity contribution in [3.05, 3.63) is 82.0 Å². The van der Waals surface area contributed by atoms with Gasteiger partial charge in [-0.15, -0.1) is 11.3 Å². The first-order valence-electron chi connectivity index (χ1n) is 12.6. The quantitative estimate of drug-likeness (QED) is 0.409. The lowest BCUT2D eigenvalue weighted by molar-refractivity contribution is -0.116. The van der Waals surface area contributed by atoms with Crippen molar-refractivity contribution in [2.75, 3.05) is 36.9 Å². The van der Waals surface area contributed by atoms with Gasteiger partial charge >= 0.3 is 6.03 Å². The molecule has 198 valence electrons. The van der Waals surface area contributed by atoms with Crippen molar-refractivity contribution in [1.82, 2.24) is 15.4 Å². The molecule has 1 saturated heterocycles. The van der Waals surface area contributed by atoms with Gasteiger partial charge in [0, 0.05) is 31.9 Å². The highest BCUT2D eigenvalue weighted by atomic mass is 32.1. The number of nitrogens with one attached hydrogen (secondary N) is 3. The second-order valence-corrected chi connectivity index (χ2v) is 10.3. The number of ether oxygens (including phenoxy) is 1. The number of Topliss-reactive ketones (excluding diaryl/α,β-unsaturated/α-hetero) is 1. The van der Waals surface area contributed by atoms with Crippen molar-refractivity contribution in [2.45, 2.75) is 18.9 Å². The number of fused-ring (bicyclic) bond motifs is 3. The van der Waals surface area contributed by atoms with Crippen LogP contribution >= 0.6 is 11.3 Å². The summed E-state index contributed by atoms with van der Waals surface area (Å²) in [6, 6.07) is 11.8. The predicted octanol–water partition coefficient (Wildman–Crippen LogP) is 4.20. The number of azo groups is 1. The van der Waals surface area contributed by atoms with Gasteiger partial charge in [-0.2, -0.15) is 10.2 Å². The number of benzene rings is 1. The molecule has 1 unspecified atom stereocenters. The van der Waals surface area contributed by atoms with Crippen molar-refractivity contribution in [1.29, 1.82) is 0 Å². The van der Waals surface area contributed by atoms with Gasteiger partial charge in [-0.05, 0) is 41.8 Å². The SMILES string of the molecule is O=C(CCc1cccnc1)Nc1ccc(C2=C3C(=O)c4c(NC(=O)NN5CCOCC5)cccc4C3N=N2)s1. The Hall–Kier alpha value is -4.26. The molecular weight excluding hydrogens is 518 g/mol. The van der Waals surface area contributed by atoms with E-state index in [0.29, 0.717) is 72.2 Å². The molecule has 39 heavy (non-hydrogen) atoms. The Morgan fingerprint density at radius 3 is 2.77 bits per heavy atom. The molecule has 1 fully saturated rings. The molecule has 3 N–H and O–H groups in total. The molecule has 0 saturated carbocycles. The molecule has 11 nitrogen and oxygen atoms in total. The predicted molar refractivity (Wildman–Crippen MR) is 145 cm³/mol. The summed E-state index contributed by atoms with van der Waals surface area (Å²) in [5, 5.41) is 16.9. The number of rotatable bonds is 7. The van der Waals surface area contributed by atoms with Crippen molar-refractivity contribution >= 4 is 45.4 Å². The van der Waals surface area contributed by atoms with Crippen LogP contribution in [-0.4, -0.2) is 54.0 Å². The standard InChI is InChI=1S/C27H25N7O4S/c35-20(8-6-16-3-2-10-28-15-16)30-21-9-7-19(39-21)25-23-24(31-32-25)17-4-1-5-18(22(17)26(23)36)29-27(37)33-34-11-13-38-14-12-34/h1-5,7,9-10,15,24H,6,8,11-14H2,(H,30,35)(H2,29,33,37). The molecule has 6 rings (SSSR count). The maximum Gasteiger partial charge on any atom is 0.333 e. The van der Waals surface area contributed by atoms with Crippen LogP contribution in [0.5, 0.6) is 0 Å². The summed E-state index contributed by atoms with van der Waals surface area (Å²) < 4.78 is 5.31. The average molecular weight is 544 g/mol. The van der Waals surface area contributed by atoms with Crippen LogP contribution in [0, 0.1) is 0 Å². The number of hydrogen-bond acceptors (Lipinski definition) is 9. The molecule has 0 radical (unpaired) electrons. The summed E-state index contributed by atoms with van der Waals surface area (Å²) in [7, 11) is 0. The number of anilines is 2. The summed E-state index contributed by atoms with van der Waals surface area (Å²) in [6.45, 7) is 2.27. The van der Waals surface area contributed by atoms with Crippen LogP contribution in [0.15, 0.2) is 70.7 Å². The van der Waals surface area contributed by atoms with Crippen LogP contribution in [0.1, 0.15) is 38.8 Å². The lowest BCUT2D eigenvalue weighted by Crippen LogP contribution is -2.49. The zero-order valence-corrected chi connectivity index (χ0v) is 21.7. The summed E-state index contributed by atoms with van der Waals surface area (Å²) >= 11 is 1.34. The molecule has 12 heteroatoms. The smallest absolute Gasteiger partial charge is 0.333 e. The number of morpholine rings is 1. The number of carbonyl (C=O) groups is 3. The highest BCUT2D eigenvalue weighted by Gasteiger charge is 2.42. The minimum atomic E-state index is -0.522. The van der Waals surface area contributed by atoms with Gasteiger partial charge in [0.2, 0.25) is 5.91 Å². The number of ketones is 1. The number of carbonyl (C=O) groups excluding carboxylic acids is 3. The van der Waals surface area contributed by atoms with E-state index in [1.807, 2.05) is 24.3 Å². The Kier molecular flexibility index (Phi) is 6.97. The van der Waals surface area contributed by atoms with Gasteiger partial charge in [0.1, 0.15) is 11.7 Å². The molecular formula is C27H25N7O4S. The van der Waals surface area contributed by atoms with Crippen LogP contribution in [-0.2, 0) is 16.0 Å². The zero-order valence-electron chi connectivity index (χ0n) is 20.8. The van der Waals surface area contributed by atoms with E-state index in [-0.39, 0.29) is 11.7 Å². The van der Waals surface area contributed by atoms with Crippen molar-refractivity contribution in [3.8, 4) is 0 Å². The molecule has 0 bridgehead atoms. The van der Waals surface area contributed by atoms with Crippen LogP contribution in [0.3, 0.4) is 0 Å². The van der Waals surface area contributed by atoms with Gasteiger partial charge in [0.05, 0.1) is 39.9 Å². The topological polar surface area (TPSA) is 137 Å². The molecule has 2 aromatic heterocycles. The van der Waals surface area contributed by atoms with Gasteiger partial charge < -0.3 is 15.4 Å². The third-order valence-electron chi connectivity index (χ3n) is 6.65. The molecule has 3 amide bonds. The molecule has 1 atom stereocenters. The number of hydrazine groups is 1. The molecule has 1 aromatic carbocycles. The Morgan fingerprint density at radius 2 is 1.95 bits per heavy atom. The number of nitrogens with zero attached hydrogens (tertiary/aromatic N) is 4. The number of hydrogen-bond donors (Lipinski definition) is 3. The highest BCUT2D eigenvalue weighted by molar-refractivity contribution is 7.17. The van der Waals surface area contributed by atoms with E-state index < -0.39 is 12.1 Å². The zero-order chi connectivity index (χ0) is 26.8. The summed E-state index contributed by atoms with van der Waals surface area (Å²) in [5.41, 5.74) is 6.31. The first-order chi connectivity index (χ1) is 19.1. The average Bonchev–Trinajstić information content (AvgIpc) is 3.66. The molecule has 0 spiro atoms. The normalized spacial score (nSPS) is 18.2. The van der Waals surface area contributed by atoms with Crippen molar-refractivity contribution in [3.63, 3.8) is 0 Å². The fourth-order valence-electron chi connectivity index (χ4n) is 4.78. The van der Waals surface area contributed by atoms with E-state index in [1.54, 1.807) is 35.6 Å². The van der Waals surface area contributed by atoms with Crippen molar-refractivity contribution in [2.24, 2.45) is 10.2 Å². The van der Waals surface area contributed by atoms with Gasteiger partial charge in [0.15, 0.2) is 5.78 Å². The summed E-state index contributed by atoms with van der Waals surface area (Å²) in [6.07, 6.45) is 4.37. The Morgan fingerprint density at radius 1 is 1.08 bits per heavy atom. The first-order valence-corrected chi connectivity index (χ1v) is 13.4. The Balaban J connectivity index is 1.16. The number of aromatic nitrogens is 1. The molecule has 3 aromatic rings. The largest absolute Gasteiger partial charge is 0.379 e. The maximum absolute atomic E-state index is 13.6. The lowest BCUT2D eigenvalue weighted by Gasteiger charge is -2.27. The molecule has 2 aliphatic heterocycles. The first kappa shape index (κ1) is 25.0. The van der Waals surface area contributed by atoms with E-state index in [1.165, 1.54) is 11.3 Å². The number of thiophene rings is 1. The van der Waals surface area contributed by atoms with E-state index in [4.69, 9.17) is 4.74 Å². The van der Waals surface area contributed by atoms with E-state index in [2.05, 4.69) is 31.3 Å². The monoisotopic (exact) mass is 543 g/mol. The second-order valence-electron chi connectivity index (χ2n) is 9.22. The summed E-state index contributed by atoms with van der Waals surface area (Å²) in [4.78, 5) is 43.5. The fourth-order valence-corrected chi connectivity index (χ4v) is 5.70. The minimum absolute atomic E-state index is 0.105. The lowest BCUT2D eigenvalue weighted by atomic mass is 10.1.